The molecule has 4 saturated carbocycles. The Labute approximate surface area is 195 Å². The van der Waals surface area contributed by atoms with Crippen LogP contribution in [0.1, 0.15) is 66.2 Å². The summed E-state index contributed by atoms with van der Waals surface area (Å²) in [6.45, 7) is 8.41. The summed E-state index contributed by atoms with van der Waals surface area (Å²) in [5, 5.41) is 9.67. The van der Waals surface area contributed by atoms with E-state index < -0.39 is 16.8 Å². The smallest absolute Gasteiger partial charge is 0.312 e. The average Bonchev–Trinajstić information content (AvgIpc) is 3.09. The van der Waals surface area contributed by atoms with Gasteiger partial charge in [0.2, 0.25) is 0 Å². The van der Waals surface area contributed by atoms with Crippen molar-refractivity contribution in [3.63, 3.8) is 0 Å². The Morgan fingerprint density at radius 1 is 0.970 bits per heavy atom. The Morgan fingerprint density at radius 2 is 1.64 bits per heavy atom. The van der Waals surface area contributed by atoms with E-state index in [0.29, 0.717) is 49.0 Å². The topological polar surface area (TPSA) is 102 Å². The molecule has 0 amide bonds. The van der Waals surface area contributed by atoms with Crippen LogP contribution in [0.2, 0.25) is 0 Å². The first-order valence-corrected chi connectivity index (χ1v) is 12.8. The lowest BCUT2D eigenvalue weighted by Crippen LogP contribution is -2.44. The van der Waals surface area contributed by atoms with Gasteiger partial charge in [-0.1, -0.05) is 6.92 Å². The number of carbonyl (C=O) groups is 3. The monoisotopic (exact) mass is 462 g/mol. The van der Waals surface area contributed by atoms with Crippen molar-refractivity contribution in [2.45, 2.75) is 78.4 Å². The number of esters is 2. The third-order valence-electron chi connectivity index (χ3n) is 9.79. The van der Waals surface area contributed by atoms with Crippen molar-refractivity contribution in [3.8, 4) is 0 Å². The number of carbonyl (C=O) groups excluding carboxylic acids is 2. The van der Waals surface area contributed by atoms with Gasteiger partial charge in [0.1, 0.15) is 18.8 Å². The zero-order valence-electron chi connectivity index (χ0n) is 20.2. The number of carboxylic acids is 1. The van der Waals surface area contributed by atoms with Crippen LogP contribution < -0.4 is 0 Å². The molecular weight excluding hydrogens is 424 g/mol. The molecule has 1 N–H and O–H groups in total. The Kier molecular flexibility index (Phi) is 5.58. The SMILES string of the molecule is CCC(C)(CC(C)(C)C(=O)OCC1CO1)C(=O)OC1CC2CC1C1C3CC(CC3C(=O)O)C21. The third-order valence-corrected chi connectivity index (χ3v) is 9.79. The number of ether oxygens (including phenoxy) is 3. The molecule has 0 aromatic rings. The summed E-state index contributed by atoms with van der Waals surface area (Å²) in [7, 11) is 0. The van der Waals surface area contributed by atoms with Gasteiger partial charge in [0.05, 0.1) is 23.4 Å². The number of fused-ring (bicyclic) bond motifs is 9. The van der Waals surface area contributed by atoms with Gasteiger partial charge in [-0.25, -0.2) is 0 Å². The van der Waals surface area contributed by atoms with Crippen molar-refractivity contribution in [1.29, 1.82) is 0 Å². The average molecular weight is 463 g/mol. The molecule has 1 aliphatic heterocycles. The number of rotatable bonds is 9. The molecule has 5 rings (SSSR count). The lowest BCUT2D eigenvalue weighted by atomic mass is 9.66. The molecule has 1 saturated heterocycles. The van der Waals surface area contributed by atoms with Gasteiger partial charge in [-0.2, -0.15) is 0 Å². The van der Waals surface area contributed by atoms with E-state index in [1.807, 2.05) is 27.7 Å². The lowest BCUT2D eigenvalue weighted by Gasteiger charge is -2.41. The molecular formula is C26H38O7. The Balaban J connectivity index is 1.23. The van der Waals surface area contributed by atoms with E-state index in [4.69, 9.17) is 14.2 Å². The van der Waals surface area contributed by atoms with Crippen molar-refractivity contribution in [2.75, 3.05) is 13.2 Å². The zero-order chi connectivity index (χ0) is 23.7. The van der Waals surface area contributed by atoms with E-state index in [-0.39, 0.29) is 42.6 Å². The molecule has 7 nitrogen and oxygen atoms in total. The van der Waals surface area contributed by atoms with Crippen LogP contribution >= 0.6 is 0 Å². The summed E-state index contributed by atoms with van der Waals surface area (Å²) < 4.78 is 16.7. The summed E-state index contributed by atoms with van der Waals surface area (Å²) >= 11 is 0. The first kappa shape index (κ1) is 23.1. The van der Waals surface area contributed by atoms with E-state index in [2.05, 4.69) is 0 Å². The van der Waals surface area contributed by atoms with Crippen LogP contribution in [0.5, 0.6) is 0 Å². The predicted octanol–water partition coefficient (Wildman–Crippen LogP) is 3.69. The molecule has 0 radical (unpaired) electrons. The van der Waals surface area contributed by atoms with Crippen LogP contribution in [0.3, 0.4) is 0 Å². The standard InChI is InChI=1S/C26H38O7/c1-5-26(4,12-25(2,3)23(29)32-11-15-10-31-15)24(30)33-19-9-14-8-18(19)21-16-6-13(20(14)21)7-17(16)22(27)28/h13-21H,5-12H2,1-4H3,(H,27,28). The zero-order valence-corrected chi connectivity index (χ0v) is 20.2. The van der Waals surface area contributed by atoms with Gasteiger partial charge in [0.25, 0.3) is 0 Å². The minimum atomic E-state index is -0.808. The molecule has 5 fully saturated rings. The first-order chi connectivity index (χ1) is 15.5. The fourth-order valence-electron chi connectivity index (χ4n) is 8.16. The van der Waals surface area contributed by atoms with Gasteiger partial charge in [-0.15, -0.1) is 0 Å². The first-order valence-electron chi connectivity index (χ1n) is 12.8. The highest BCUT2D eigenvalue weighted by atomic mass is 16.6. The second-order valence-electron chi connectivity index (χ2n) is 12.4. The highest BCUT2D eigenvalue weighted by Crippen LogP contribution is 2.69. The van der Waals surface area contributed by atoms with Crippen LogP contribution in [0.25, 0.3) is 0 Å². The highest BCUT2D eigenvalue weighted by Gasteiger charge is 2.66. The molecule has 5 aliphatic rings. The highest BCUT2D eigenvalue weighted by molar-refractivity contribution is 5.80. The molecule has 4 aliphatic carbocycles. The predicted molar refractivity (Wildman–Crippen MR) is 118 cm³/mol. The van der Waals surface area contributed by atoms with Crippen LogP contribution in [0, 0.1) is 52.3 Å². The van der Waals surface area contributed by atoms with E-state index in [1.165, 1.54) is 0 Å². The Morgan fingerprint density at radius 3 is 2.27 bits per heavy atom. The summed E-state index contributed by atoms with van der Waals surface area (Å²) in [6.07, 6.45) is 4.67. The quantitative estimate of drug-likeness (QED) is 0.317. The fraction of sp³-hybridized carbons (Fsp3) is 0.885. The van der Waals surface area contributed by atoms with Crippen LogP contribution in [0.4, 0.5) is 0 Å². The molecule has 33 heavy (non-hydrogen) atoms. The van der Waals surface area contributed by atoms with Gasteiger partial charge >= 0.3 is 17.9 Å². The molecule has 0 aromatic heterocycles. The maximum atomic E-state index is 13.4. The third kappa shape index (κ3) is 3.88. The second kappa shape index (κ2) is 7.96. The number of hydrogen-bond donors (Lipinski definition) is 1. The largest absolute Gasteiger partial charge is 0.481 e. The van der Waals surface area contributed by atoms with Gasteiger partial charge < -0.3 is 19.3 Å². The number of epoxide rings is 1. The van der Waals surface area contributed by atoms with Crippen LogP contribution in [0.15, 0.2) is 0 Å². The summed E-state index contributed by atoms with van der Waals surface area (Å²) in [5.74, 6) is 1.25. The summed E-state index contributed by atoms with van der Waals surface area (Å²) in [5.41, 5.74) is -1.59. The fourth-order valence-corrected chi connectivity index (χ4v) is 8.16. The number of hydrogen-bond acceptors (Lipinski definition) is 6. The van der Waals surface area contributed by atoms with Gasteiger partial charge in [-0.05, 0) is 94.8 Å². The minimum absolute atomic E-state index is 0.0143. The van der Waals surface area contributed by atoms with Crippen molar-refractivity contribution >= 4 is 17.9 Å². The lowest BCUT2D eigenvalue weighted by molar-refractivity contribution is -0.171. The summed E-state index contributed by atoms with van der Waals surface area (Å²) in [6, 6.07) is 0. The van der Waals surface area contributed by atoms with E-state index in [9.17, 15) is 19.5 Å². The van der Waals surface area contributed by atoms with Gasteiger partial charge in [0.15, 0.2) is 0 Å². The normalized spacial score (nSPS) is 42.0. The van der Waals surface area contributed by atoms with Crippen molar-refractivity contribution in [1.82, 2.24) is 0 Å². The molecule has 10 unspecified atom stereocenters. The van der Waals surface area contributed by atoms with E-state index in [0.717, 1.165) is 25.7 Å². The van der Waals surface area contributed by atoms with E-state index in [1.54, 1.807) is 0 Å². The van der Waals surface area contributed by atoms with Crippen molar-refractivity contribution in [3.05, 3.63) is 0 Å². The van der Waals surface area contributed by atoms with Gasteiger partial charge in [-0.3, -0.25) is 14.4 Å². The second-order valence-corrected chi connectivity index (χ2v) is 12.4. The maximum absolute atomic E-state index is 13.4. The minimum Gasteiger partial charge on any atom is -0.481 e. The molecule has 7 heteroatoms. The Bertz CT molecular complexity index is 832. The molecule has 0 aromatic carbocycles. The molecule has 4 bridgehead atoms. The number of carboxylic acid groups (broad SMARTS) is 1. The number of aliphatic carboxylic acids is 1. The molecule has 184 valence electrons. The molecule has 0 spiro atoms. The summed E-state index contributed by atoms with van der Waals surface area (Å²) in [4.78, 5) is 37.9. The van der Waals surface area contributed by atoms with Crippen LogP contribution in [-0.2, 0) is 28.6 Å². The molecule has 1 heterocycles. The van der Waals surface area contributed by atoms with Crippen molar-refractivity contribution in [2.24, 2.45) is 52.3 Å². The Hall–Kier alpha value is -1.63. The van der Waals surface area contributed by atoms with Crippen LogP contribution in [-0.4, -0.2) is 48.4 Å². The van der Waals surface area contributed by atoms with E-state index >= 15 is 0 Å². The maximum Gasteiger partial charge on any atom is 0.312 e. The van der Waals surface area contributed by atoms with Gasteiger partial charge in [0, 0.05) is 0 Å². The molecule has 10 atom stereocenters. The van der Waals surface area contributed by atoms with Crippen molar-refractivity contribution < 1.29 is 33.7 Å².